The van der Waals surface area contributed by atoms with Gasteiger partial charge in [0.05, 0.1) is 5.02 Å². The van der Waals surface area contributed by atoms with Gasteiger partial charge in [-0.1, -0.05) is 17.7 Å². The first-order valence-electron chi connectivity index (χ1n) is 5.54. The molecule has 0 aliphatic heterocycles. The molecule has 3 N–H and O–H groups in total. The van der Waals surface area contributed by atoms with Gasteiger partial charge in [-0.25, -0.2) is 4.39 Å². The summed E-state index contributed by atoms with van der Waals surface area (Å²) < 4.78 is 13.1. The Hall–Kier alpha value is -1.13. The summed E-state index contributed by atoms with van der Waals surface area (Å²) in [6.07, 6.45) is 1.61. The minimum atomic E-state index is -0.451. The van der Waals surface area contributed by atoms with Crippen LogP contribution in [0.2, 0.25) is 5.02 Å². The Morgan fingerprint density at radius 3 is 2.88 bits per heavy atom. The Morgan fingerprint density at radius 1 is 1.47 bits per heavy atom. The Labute approximate surface area is 105 Å². The van der Waals surface area contributed by atoms with Crippen LogP contribution in [-0.2, 0) is 11.2 Å². The monoisotopic (exact) mass is 258 g/mol. The van der Waals surface area contributed by atoms with Gasteiger partial charge < -0.3 is 11.1 Å². The second-order valence-corrected chi connectivity index (χ2v) is 4.15. The molecule has 0 radical (unpaired) electrons. The van der Waals surface area contributed by atoms with Crippen molar-refractivity contribution in [3.05, 3.63) is 34.6 Å². The molecule has 17 heavy (non-hydrogen) atoms. The normalized spacial score (nSPS) is 10.3. The summed E-state index contributed by atoms with van der Waals surface area (Å²) in [5.41, 5.74) is 6.07. The number of carbonyl (C=O) groups is 1. The molecule has 3 nitrogen and oxygen atoms in total. The first kappa shape index (κ1) is 13.9. The molecule has 0 saturated carbocycles. The van der Waals surface area contributed by atoms with Crippen LogP contribution in [0.25, 0.3) is 0 Å². The quantitative estimate of drug-likeness (QED) is 0.766. The number of hydrogen-bond acceptors (Lipinski definition) is 2. The van der Waals surface area contributed by atoms with Gasteiger partial charge in [0.25, 0.3) is 0 Å². The Morgan fingerprint density at radius 2 is 2.24 bits per heavy atom. The van der Waals surface area contributed by atoms with Crippen molar-refractivity contribution in [2.45, 2.75) is 19.3 Å². The lowest BCUT2D eigenvalue weighted by molar-refractivity contribution is -0.121. The average Bonchev–Trinajstić information content (AvgIpc) is 2.31. The van der Waals surface area contributed by atoms with Crippen LogP contribution in [0.1, 0.15) is 18.4 Å². The summed E-state index contributed by atoms with van der Waals surface area (Å²) in [7, 11) is 0. The third kappa shape index (κ3) is 5.15. The molecule has 5 heteroatoms. The SMILES string of the molecule is NCCCNC(=O)CCc1ccc(Cl)c(F)c1. The maximum Gasteiger partial charge on any atom is 0.220 e. The molecule has 0 aliphatic carbocycles. The summed E-state index contributed by atoms with van der Waals surface area (Å²) in [6.45, 7) is 1.15. The topological polar surface area (TPSA) is 55.1 Å². The molecule has 0 unspecified atom stereocenters. The standard InChI is InChI=1S/C12H16ClFN2O/c13-10-4-2-9(8-11(10)14)3-5-12(17)16-7-1-6-15/h2,4,8H,1,3,5-7,15H2,(H,16,17). The van der Waals surface area contributed by atoms with Crippen LogP contribution >= 0.6 is 11.6 Å². The zero-order chi connectivity index (χ0) is 12.7. The predicted molar refractivity (Wildman–Crippen MR) is 66.4 cm³/mol. The minimum Gasteiger partial charge on any atom is -0.356 e. The lowest BCUT2D eigenvalue weighted by Crippen LogP contribution is -2.26. The molecule has 0 aliphatic rings. The van der Waals surface area contributed by atoms with Crippen LogP contribution in [0.15, 0.2) is 18.2 Å². The first-order valence-corrected chi connectivity index (χ1v) is 5.92. The number of carbonyl (C=O) groups excluding carboxylic acids is 1. The fourth-order valence-electron chi connectivity index (χ4n) is 1.37. The second-order valence-electron chi connectivity index (χ2n) is 3.74. The second kappa shape index (κ2) is 7.25. The van der Waals surface area contributed by atoms with Crippen LogP contribution in [0.4, 0.5) is 4.39 Å². The van der Waals surface area contributed by atoms with Gasteiger partial charge in [-0.15, -0.1) is 0 Å². The Balaban J connectivity index is 2.34. The smallest absolute Gasteiger partial charge is 0.220 e. The highest BCUT2D eigenvalue weighted by Crippen LogP contribution is 2.16. The number of aryl methyl sites for hydroxylation is 1. The highest BCUT2D eigenvalue weighted by atomic mass is 35.5. The van der Waals surface area contributed by atoms with Gasteiger partial charge >= 0.3 is 0 Å². The molecular formula is C12H16ClFN2O. The van der Waals surface area contributed by atoms with E-state index in [1.807, 2.05) is 0 Å². The van der Waals surface area contributed by atoms with E-state index in [9.17, 15) is 9.18 Å². The van der Waals surface area contributed by atoms with E-state index in [0.717, 1.165) is 12.0 Å². The van der Waals surface area contributed by atoms with Gasteiger partial charge in [0.2, 0.25) is 5.91 Å². The summed E-state index contributed by atoms with van der Waals surface area (Å²) in [5, 5.41) is 2.84. The molecule has 0 saturated heterocycles. The number of nitrogens with one attached hydrogen (secondary N) is 1. The molecule has 0 heterocycles. The van der Waals surface area contributed by atoms with Crippen molar-refractivity contribution in [1.29, 1.82) is 0 Å². The van der Waals surface area contributed by atoms with E-state index in [1.165, 1.54) is 12.1 Å². The number of hydrogen-bond donors (Lipinski definition) is 2. The Kier molecular flexibility index (Phi) is 5.94. The van der Waals surface area contributed by atoms with Crippen molar-refractivity contribution in [2.24, 2.45) is 5.73 Å². The van der Waals surface area contributed by atoms with Gasteiger partial charge in [-0.2, -0.15) is 0 Å². The lowest BCUT2D eigenvalue weighted by atomic mass is 10.1. The summed E-state index contributed by atoms with van der Waals surface area (Å²) in [6, 6.07) is 4.58. The van der Waals surface area contributed by atoms with E-state index < -0.39 is 5.82 Å². The van der Waals surface area contributed by atoms with E-state index in [2.05, 4.69) is 5.32 Å². The molecule has 94 valence electrons. The van der Waals surface area contributed by atoms with Crippen molar-refractivity contribution in [2.75, 3.05) is 13.1 Å². The summed E-state index contributed by atoms with van der Waals surface area (Å²) in [4.78, 5) is 11.4. The van der Waals surface area contributed by atoms with Gasteiger partial charge in [0.1, 0.15) is 5.82 Å². The van der Waals surface area contributed by atoms with Crippen LogP contribution < -0.4 is 11.1 Å². The third-order valence-electron chi connectivity index (χ3n) is 2.33. The predicted octanol–water partition coefficient (Wildman–Crippen LogP) is 1.88. The highest BCUT2D eigenvalue weighted by molar-refractivity contribution is 6.30. The van der Waals surface area contributed by atoms with E-state index in [4.69, 9.17) is 17.3 Å². The fourth-order valence-corrected chi connectivity index (χ4v) is 1.49. The number of nitrogens with two attached hydrogens (primary N) is 1. The van der Waals surface area contributed by atoms with E-state index in [-0.39, 0.29) is 10.9 Å². The maximum atomic E-state index is 13.1. The van der Waals surface area contributed by atoms with Crippen LogP contribution in [-0.4, -0.2) is 19.0 Å². The van der Waals surface area contributed by atoms with Crippen molar-refractivity contribution < 1.29 is 9.18 Å². The number of amides is 1. The van der Waals surface area contributed by atoms with E-state index in [1.54, 1.807) is 6.07 Å². The maximum absolute atomic E-state index is 13.1. The molecule has 0 fully saturated rings. The zero-order valence-electron chi connectivity index (χ0n) is 9.51. The van der Waals surface area contributed by atoms with Crippen molar-refractivity contribution in [3.8, 4) is 0 Å². The summed E-state index contributed by atoms with van der Waals surface area (Å²) in [5.74, 6) is -0.499. The molecular weight excluding hydrogens is 243 g/mol. The third-order valence-corrected chi connectivity index (χ3v) is 2.63. The van der Waals surface area contributed by atoms with E-state index >= 15 is 0 Å². The van der Waals surface area contributed by atoms with Crippen LogP contribution in [0.5, 0.6) is 0 Å². The molecule has 0 spiro atoms. The van der Waals surface area contributed by atoms with Gasteiger partial charge in [0, 0.05) is 13.0 Å². The van der Waals surface area contributed by atoms with Crippen molar-refractivity contribution >= 4 is 17.5 Å². The molecule has 0 bridgehead atoms. The minimum absolute atomic E-state index is 0.0474. The van der Waals surface area contributed by atoms with Gasteiger partial charge in [0.15, 0.2) is 0 Å². The van der Waals surface area contributed by atoms with Crippen LogP contribution in [0.3, 0.4) is 0 Å². The van der Waals surface area contributed by atoms with Gasteiger partial charge in [-0.3, -0.25) is 4.79 Å². The average molecular weight is 259 g/mol. The highest BCUT2D eigenvalue weighted by Gasteiger charge is 2.04. The zero-order valence-corrected chi connectivity index (χ0v) is 10.3. The molecule has 0 aromatic heterocycles. The fraction of sp³-hybridized carbons (Fsp3) is 0.417. The van der Waals surface area contributed by atoms with Crippen molar-refractivity contribution in [1.82, 2.24) is 5.32 Å². The first-order chi connectivity index (χ1) is 8.13. The largest absolute Gasteiger partial charge is 0.356 e. The van der Waals surface area contributed by atoms with Crippen molar-refractivity contribution in [3.63, 3.8) is 0 Å². The molecule has 1 amide bonds. The number of benzene rings is 1. The lowest BCUT2D eigenvalue weighted by Gasteiger charge is -2.05. The molecule has 0 atom stereocenters. The Bertz CT molecular complexity index is 385. The number of halogens is 2. The summed E-state index contributed by atoms with van der Waals surface area (Å²) >= 11 is 5.56. The molecule has 1 aromatic carbocycles. The van der Waals surface area contributed by atoms with Crippen LogP contribution in [0, 0.1) is 5.82 Å². The van der Waals surface area contributed by atoms with Gasteiger partial charge in [-0.05, 0) is 37.1 Å². The molecule has 1 aromatic rings. The molecule has 1 rings (SSSR count). The van der Waals surface area contributed by atoms with E-state index in [0.29, 0.717) is 25.9 Å². The number of rotatable bonds is 6.